The SMILES string of the molecule is COc1[c]cc(O)c(-n2nc3ccccc3n2)c1. The van der Waals surface area contributed by atoms with Crippen molar-refractivity contribution in [2.75, 3.05) is 7.11 Å². The van der Waals surface area contributed by atoms with E-state index in [1.807, 2.05) is 24.3 Å². The van der Waals surface area contributed by atoms with Crippen LogP contribution in [0.3, 0.4) is 0 Å². The summed E-state index contributed by atoms with van der Waals surface area (Å²) in [5.74, 6) is 0.570. The van der Waals surface area contributed by atoms with E-state index in [2.05, 4.69) is 16.3 Å². The Morgan fingerprint density at radius 2 is 1.89 bits per heavy atom. The van der Waals surface area contributed by atoms with Crippen molar-refractivity contribution in [1.82, 2.24) is 15.0 Å². The molecular weight excluding hydrogens is 230 g/mol. The molecule has 2 aromatic carbocycles. The summed E-state index contributed by atoms with van der Waals surface area (Å²) in [5, 5.41) is 18.4. The van der Waals surface area contributed by atoms with E-state index in [-0.39, 0.29) is 5.75 Å². The minimum Gasteiger partial charge on any atom is -0.506 e. The molecule has 0 unspecified atom stereocenters. The molecule has 5 heteroatoms. The van der Waals surface area contributed by atoms with Gasteiger partial charge in [-0.25, -0.2) is 0 Å². The maximum absolute atomic E-state index is 9.82. The van der Waals surface area contributed by atoms with E-state index in [1.54, 1.807) is 13.2 Å². The highest BCUT2D eigenvalue weighted by molar-refractivity contribution is 5.73. The predicted molar refractivity (Wildman–Crippen MR) is 65.9 cm³/mol. The molecule has 5 nitrogen and oxygen atoms in total. The molecule has 0 bridgehead atoms. The van der Waals surface area contributed by atoms with Gasteiger partial charge in [0.25, 0.3) is 0 Å². The number of fused-ring (bicyclic) bond motifs is 1. The van der Waals surface area contributed by atoms with Crippen LogP contribution in [0.5, 0.6) is 11.5 Å². The first-order chi connectivity index (χ1) is 8.78. The summed E-state index contributed by atoms with van der Waals surface area (Å²) in [5.41, 5.74) is 1.99. The number of hydrogen-bond acceptors (Lipinski definition) is 4. The fourth-order valence-electron chi connectivity index (χ4n) is 1.70. The van der Waals surface area contributed by atoms with E-state index < -0.39 is 0 Å². The predicted octanol–water partition coefficient (Wildman–Crippen LogP) is 1.93. The Balaban J connectivity index is 2.19. The number of ether oxygens (including phenoxy) is 1. The Hall–Kier alpha value is -2.56. The highest BCUT2D eigenvalue weighted by Crippen LogP contribution is 2.25. The summed E-state index contributed by atoms with van der Waals surface area (Å²) < 4.78 is 5.07. The van der Waals surface area contributed by atoms with Crippen LogP contribution >= 0.6 is 0 Å². The Kier molecular flexibility index (Phi) is 2.37. The fourth-order valence-corrected chi connectivity index (χ4v) is 1.70. The lowest BCUT2D eigenvalue weighted by Crippen LogP contribution is -1.99. The van der Waals surface area contributed by atoms with Crippen LogP contribution in [-0.2, 0) is 0 Å². The minimum absolute atomic E-state index is 0.0520. The number of aromatic hydroxyl groups is 1. The molecule has 3 rings (SSSR count). The normalized spacial score (nSPS) is 10.7. The van der Waals surface area contributed by atoms with E-state index in [0.29, 0.717) is 11.4 Å². The summed E-state index contributed by atoms with van der Waals surface area (Å²) in [6.45, 7) is 0. The molecule has 0 spiro atoms. The Labute approximate surface area is 103 Å². The first kappa shape index (κ1) is 10.6. The van der Waals surface area contributed by atoms with Gasteiger partial charge in [0.05, 0.1) is 7.11 Å². The number of rotatable bonds is 2. The third kappa shape index (κ3) is 1.66. The third-order valence-corrected chi connectivity index (χ3v) is 2.60. The van der Waals surface area contributed by atoms with Gasteiger partial charge in [-0.1, -0.05) is 12.1 Å². The van der Waals surface area contributed by atoms with Crippen LogP contribution in [0.25, 0.3) is 16.7 Å². The van der Waals surface area contributed by atoms with Crippen LogP contribution in [0.15, 0.2) is 36.4 Å². The summed E-state index contributed by atoms with van der Waals surface area (Å²) in [4.78, 5) is 1.39. The van der Waals surface area contributed by atoms with E-state index in [4.69, 9.17) is 4.74 Å². The number of phenols is 1. The zero-order chi connectivity index (χ0) is 12.5. The second-order valence-electron chi connectivity index (χ2n) is 3.75. The first-order valence-corrected chi connectivity index (χ1v) is 5.39. The van der Waals surface area contributed by atoms with Gasteiger partial charge >= 0.3 is 0 Å². The average molecular weight is 240 g/mol. The molecule has 18 heavy (non-hydrogen) atoms. The zero-order valence-corrected chi connectivity index (χ0v) is 9.66. The van der Waals surface area contributed by atoms with Crippen LogP contribution in [0.4, 0.5) is 0 Å². The molecule has 1 N–H and O–H groups in total. The number of aromatic nitrogens is 3. The van der Waals surface area contributed by atoms with Gasteiger partial charge in [-0.05, 0) is 18.2 Å². The van der Waals surface area contributed by atoms with E-state index in [1.165, 1.54) is 10.9 Å². The largest absolute Gasteiger partial charge is 0.506 e. The van der Waals surface area contributed by atoms with Gasteiger partial charge in [-0.15, -0.1) is 15.0 Å². The van der Waals surface area contributed by atoms with Crippen LogP contribution in [0.1, 0.15) is 0 Å². The van der Waals surface area contributed by atoms with Crippen molar-refractivity contribution < 1.29 is 9.84 Å². The first-order valence-electron chi connectivity index (χ1n) is 5.39. The van der Waals surface area contributed by atoms with Gasteiger partial charge in [-0.2, -0.15) is 0 Å². The molecule has 0 saturated heterocycles. The molecule has 0 fully saturated rings. The molecule has 3 aromatic rings. The highest BCUT2D eigenvalue weighted by Gasteiger charge is 2.09. The number of phenolic OH excluding ortho intramolecular Hbond substituents is 1. The van der Waals surface area contributed by atoms with Gasteiger partial charge in [-0.3, -0.25) is 0 Å². The minimum atomic E-state index is 0.0520. The fraction of sp³-hybridized carbons (Fsp3) is 0.0769. The molecule has 0 aliphatic heterocycles. The molecular formula is C13H10N3O2. The molecule has 1 aromatic heterocycles. The lowest BCUT2D eigenvalue weighted by molar-refractivity contribution is 0.410. The Morgan fingerprint density at radius 3 is 2.50 bits per heavy atom. The van der Waals surface area contributed by atoms with E-state index >= 15 is 0 Å². The molecule has 1 heterocycles. The quantitative estimate of drug-likeness (QED) is 0.743. The van der Waals surface area contributed by atoms with Crippen molar-refractivity contribution in [2.24, 2.45) is 0 Å². The van der Waals surface area contributed by atoms with Gasteiger partial charge in [0.15, 0.2) is 0 Å². The smallest absolute Gasteiger partial charge is 0.143 e. The zero-order valence-electron chi connectivity index (χ0n) is 9.66. The monoisotopic (exact) mass is 240 g/mol. The molecule has 0 atom stereocenters. The summed E-state index contributed by atoms with van der Waals surface area (Å²) >= 11 is 0. The van der Waals surface area contributed by atoms with Gasteiger partial charge in [0.2, 0.25) is 0 Å². The molecule has 89 valence electrons. The van der Waals surface area contributed by atoms with E-state index in [0.717, 1.165) is 11.0 Å². The lowest BCUT2D eigenvalue weighted by Gasteiger charge is -2.04. The average Bonchev–Trinajstić information content (AvgIpc) is 2.82. The van der Waals surface area contributed by atoms with Gasteiger partial charge in [0, 0.05) is 12.1 Å². The molecule has 0 saturated carbocycles. The van der Waals surface area contributed by atoms with Crippen LogP contribution < -0.4 is 4.74 Å². The number of hydrogen-bond donors (Lipinski definition) is 1. The molecule has 0 aliphatic rings. The molecule has 0 aliphatic carbocycles. The van der Waals surface area contributed by atoms with Crippen LogP contribution in [0.2, 0.25) is 0 Å². The maximum Gasteiger partial charge on any atom is 0.143 e. The van der Waals surface area contributed by atoms with E-state index in [9.17, 15) is 5.11 Å². The standard InChI is InChI=1S/C13H10N3O2/c1-18-9-6-7-13(17)12(8-9)16-14-10-4-2-3-5-11(10)15-16/h2-5,7-8,17H,1H3. The summed E-state index contributed by atoms with van der Waals surface area (Å²) in [6.07, 6.45) is 0. The topological polar surface area (TPSA) is 60.2 Å². The van der Waals surface area contributed by atoms with Gasteiger partial charge in [0.1, 0.15) is 28.2 Å². The molecule has 0 amide bonds. The number of methoxy groups -OCH3 is 1. The highest BCUT2D eigenvalue weighted by atomic mass is 16.5. The van der Waals surface area contributed by atoms with Gasteiger partial charge < -0.3 is 9.84 Å². The Morgan fingerprint density at radius 1 is 1.22 bits per heavy atom. The summed E-state index contributed by atoms with van der Waals surface area (Å²) in [7, 11) is 1.54. The number of nitrogens with zero attached hydrogens (tertiary/aromatic N) is 3. The van der Waals surface area contributed by atoms with Crippen molar-refractivity contribution in [3.05, 3.63) is 42.5 Å². The maximum atomic E-state index is 9.82. The molecule has 1 radical (unpaired) electrons. The lowest BCUT2D eigenvalue weighted by atomic mass is 10.3. The van der Waals surface area contributed by atoms with Crippen molar-refractivity contribution >= 4 is 11.0 Å². The van der Waals surface area contributed by atoms with Crippen LogP contribution in [0, 0.1) is 6.07 Å². The van der Waals surface area contributed by atoms with Crippen LogP contribution in [-0.4, -0.2) is 27.2 Å². The van der Waals surface area contributed by atoms with Crippen molar-refractivity contribution in [1.29, 1.82) is 0 Å². The Bertz CT molecular complexity index is 673. The van der Waals surface area contributed by atoms with Crippen molar-refractivity contribution in [2.45, 2.75) is 0 Å². The second kappa shape index (κ2) is 4.03. The third-order valence-electron chi connectivity index (χ3n) is 2.60. The second-order valence-corrected chi connectivity index (χ2v) is 3.75. The summed E-state index contributed by atoms with van der Waals surface area (Å²) in [6, 6.07) is 13.4. The van der Waals surface area contributed by atoms with Crippen molar-refractivity contribution in [3.8, 4) is 17.2 Å². The number of benzene rings is 2. The van der Waals surface area contributed by atoms with Crippen molar-refractivity contribution in [3.63, 3.8) is 0 Å².